The van der Waals surface area contributed by atoms with Crippen molar-refractivity contribution in [1.82, 2.24) is 5.32 Å². The zero-order chi connectivity index (χ0) is 14.4. The second-order valence-corrected chi connectivity index (χ2v) is 5.03. The molecule has 2 N–H and O–H groups in total. The van der Waals surface area contributed by atoms with E-state index in [9.17, 15) is 9.18 Å². The number of hydrogen-bond donors (Lipinski definition) is 2. The van der Waals surface area contributed by atoms with Gasteiger partial charge in [0.05, 0.1) is 19.1 Å². The van der Waals surface area contributed by atoms with Gasteiger partial charge in [-0.2, -0.15) is 0 Å². The zero-order valence-electron chi connectivity index (χ0n) is 11.7. The molecular formula is C15H21FN2O2. The Morgan fingerprint density at radius 1 is 1.45 bits per heavy atom. The van der Waals surface area contributed by atoms with Gasteiger partial charge in [0.1, 0.15) is 5.82 Å². The van der Waals surface area contributed by atoms with Gasteiger partial charge in [-0.05, 0) is 45.0 Å². The molecule has 1 aromatic carbocycles. The summed E-state index contributed by atoms with van der Waals surface area (Å²) >= 11 is 0. The number of carbonyl (C=O) groups excluding carboxylic acids is 1. The highest BCUT2D eigenvalue weighted by Crippen LogP contribution is 2.17. The van der Waals surface area contributed by atoms with Crippen LogP contribution in [0, 0.1) is 12.7 Å². The molecule has 0 unspecified atom stereocenters. The largest absolute Gasteiger partial charge is 0.378 e. The van der Waals surface area contributed by atoms with Crippen molar-refractivity contribution in [3.05, 3.63) is 29.6 Å². The second kappa shape index (κ2) is 7.36. The van der Waals surface area contributed by atoms with Crippen LogP contribution in [0.15, 0.2) is 18.2 Å². The van der Waals surface area contributed by atoms with Gasteiger partial charge in [0.25, 0.3) is 0 Å². The van der Waals surface area contributed by atoms with Crippen LogP contribution >= 0.6 is 0 Å². The van der Waals surface area contributed by atoms with Gasteiger partial charge in [0.15, 0.2) is 0 Å². The number of rotatable bonds is 5. The number of anilines is 1. The summed E-state index contributed by atoms with van der Waals surface area (Å²) in [6, 6.07) is 4.67. The Hall–Kier alpha value is -1.46. The minimum absolute atomic E-state index is 0.146. The maximum Gasteiger partial charge on any atom is 0.226 e. The highest BCUT2D eigenvalue weighted by Gasteiger charge is 2.14. The molecule has 1 amide bonds. The lowest BCUT2D eigenvalue weighted by atomic mass is 10.1. The summed E-state index contributed by atoms with van der Waals surface area (Å²) in [5, 5.41) is 5.98. The number of halogens is 1. The number of ether oxygens (including phenoxy) is 1. The molecule has 4 nitrogen and oxygen atoms in total. The molecule has 0 aliphatic carbocycles. The lowest BCUT2D eigenvalue weighted by molar-refractivity contribution is -0.117. The maximum absolute atomic E-state index is 13.3. The minimum atomic E-state index is -0.311. The summed E-state index contributed by atoms with van der Waals surface area (Å²) in [6.45, 7) is 4.00. The van der Waals surface area contributed by atoms with E-state index >= 15 is 0 Å². The average Bonchev–Trinajstić information content (AvgIpc) is 2.45. The molecule has 5 heteroatoms. The molecule has 2 rings (SSSR count). The molecule has 0 aromatic heterocycles. The summed E-state index contributed by atoms with van der Waals surface area (Å²) in [4.78, 5) is 11.8. The Morgan fingerprint density at radius 3 is 2.95 bits per heavy atom. The second-order valence-electron chi connectivity index (χ2n) is 5.03. The van der Waals surface area contributed by atoms with Gasteiger partial charge in [-0.3, -0.25) is 4.79 Å². The summed E-state index contributed by atoms with van der Waals surface area (Å²) < 4.78 is 19.0. The molecule has 0 atom stereocenters. The molecule has 0 radical (unpaired) electrons. The Labute approximate surface area is 118 Å². The van der Waals surface area contributed by atoms with Gasteiger partial charge in [-0.15, -0.1) is 0 Å². The summed E-state index contributed by atoms with van der Waals surface area (Å²) in [6.07, 6.45) is 2.52. The monoisotopic (exact) mass is 280 g/mol. The summed E-state index contributed by atoms with van der Waals surface area (Å²) in [7, 11) is 0. The fraction of sp³-hybridized carbons (Fsp3) is 0.533. The van der Waals surface area contributed by atoms with E-state index in [1.807, 2.05) is 0 Å². The first kappa shape index (κ1) is 14.9. The highest BCUT2D eigenvalue weighted by atomic mass is 19.1. The van der Waals surface area contributed by atoms with E-state index in [1.165, 1.54) is 6.07 Å². The van der Waals surface area contributed by atoms with E-state index in [2.05, 4.69) is 10.6 Å². The third kappa shape index (κ3) is 4.28. The third-order valence-corrected chi connectivity index (χ3v) is 3.51. The van der Waals surface area contributed by atoms with Gasteiger partial charge in [-0.1, -0.05) is 6.07 Å². The van der Waals surface area contributed by atoms with Crippen molar-refractivity contribution >= 4 is 11.6 Å². The van der Waals surface area contributed by atoms with Gasteiger partial charge in [0, 0.05) is 11.3 Å². The molecule has 0 saturated carbocycles. The maximum atomic E-state index is 13.3. The van der Waals surface area contributed by atoms with Crippen molar-refractivity contribution in [3.8, 4) is 0 Å². The third-order valence-electron chi connectivity index (χ3n) is 3.51. The molecule has 1 fully saturated rings. The highest BCUT2D eigenvalue weighted by molar-refractivity contribution is 5.91. The van der Waals surface area contributed by atoms with E-state index in [1.54, 1.807) is 19.1 Å². The van der Waals surface area contributed by atoms with E-state index in [-0.39, 0.29) is 17.8 Å². The van der Waals surface area contributed by atoms with Crippen LogP contribution in [0.25, 0.3) is 0 Å². The molecule has 20 heavy (non-hydrogen) atoms. The Balaban J connectivity index is 1.73. The van der Waals surface area contributed by atoms with Crippen LogP contribution in [0.5, 0.6) is 0 Å². The quantitative estimate of drug-likeness (QED) is 0.869. The van der Waals surface area contributed by atoms with Gasteiger partial charge < -0.3 is 15.4 Å². The van der Waals surface area contributed by atoms with Crippen LogP contribution in [-0.4, -0.2) is 31.7 Å². The fourth-order valence-electron chi connectivity index (χ4n) is 2.24. The molecule has 1 aliphatic heterocycles. The standard InChI is InChI=1S/C15H21FN2O2/c1-11-13(16)3-2-4-14(11)18-15(19)7-10-20-12-5-8-17-9-6-12/h2-4,12,17H,5-10H2,1H3,(H,18,19). The van der Waals surface area contributed by atoms with Gasteiger partial charge in [-0.25, -0.2) is 4.39 Å². The SMILES string of the molecule is Cc1c(F)cccc1NC(=O)CCOC1CCNCC1. The summed E-state index contributed by atoms with van der Waals surface area (Å²) in [5.41, 5.74) is 0.983. The number of nitrogens with one attached hydrogen (secondary N) is 2. The normalized spacial score (nSPS) is 16.1. The minimum Gasteiger partial charge on any atom is -0.378 e. The molecule has 110 valence electrons. The van der Waals surface area contributed by atoms with E-state index in [4.69, 9.17) is 4.74 Å². The number of carbonyl (C=O) groups is 1. The lowest BCUT2D eigenvalue weighted by Crippen LogP contribution is -2.33. The first-order valence-electron chi connectivity index (χ1n) is 7.04. The van der Waals surface area contributed by atoms with E-state index in [0.717, 1.165) is 25.9 Å². The number of hydrogen-bond acceptors (Lipinski definition) is 3. The van der Waals surface area contributed by atoms with Gasteiger partial charge >= 0.3 is 0 Å². The molecule has 0 bridgehead atoms. The molecule has 1 aliphatic rings. The van der Waals surface area contributed by atoms with Gasteiger partial charge in [0.2, 0.25) is 5.91 Å². The van der Waals surface area contributed by atoms with Crippen molar-refractivity contribution in [2.75, 3.05) is 25.0 Å². The molecule has 1 aromatic rings. The summed E-state index contributed by atoms with van der Waals surface area (Å²) in [5.74, 6) is -0.457. The first-order valence-corrected chi connectivity index (χ1v) is 7.04. The predicted molar refractivity (Wildman–Crippen MR) is 76.2 cm³/mol. The zero-order valence-corrected chi connectivity index (χ0v) is 11.7. The first-order chi connectivity index (χ1) is 9.66. The predicted octanol–water partition coefficient (Wildman–Crippen LogP) is 2.23. The van der Waals surface area contributed by atoms with Crippen molar-refractivity contribution in [3.63, 3.8) is 0 Å². The van der Waals surface area contributed by atoms with Crippen LogP contribution in [0.4, 0.5) is 10.1 Å². The Bertz CT molecular complexity index is 459. The van der Waals surface area contributed by atoms with Crippen molar-refractivity contribution in [2.24, 2.45) is 0 Å². The van der Waals surface area contributed by atoms with Crippen molar-refractivity contribution in [1.29, 1.82) is 0 Å². The van der Waals surface area contributed by atoms with Crippen LogP contribution in [0.3, 0.4) is 0 Å². The molecule has 1 heterocycles. The van der Waals surface area contributed by atoms with Crippen molar-refractivity contribution in [2.45, 2.75) is 32.3 Å². The average molecular weight is 280 g/mol. The lowest BCUT2D eigenvalue weighted by Gasteiger charge is -2.22. The van der Waals surface area contributed by atoms with Crippen LogP contribution in [0.2, 0.25) is 0 Å². The van der Waals surface area contributed by atoms with E-state index in [0.29, 0.717) is 24.3 Å². The van der Waals surface area contributed by atoms with Crippen LogP contribution in [0.1, 0.15) is 24.8 Å². The number of piperidine rings is 1. The fourth-order valence-corrected chi connectivity index (χ4v) is 2.24. The Morgan fingerprint density at radius 2 is 2.20 bits per heavy atom. The van der Waals surface area contributed by atoms with Crippen LogP contribution < -0.4 is 10.6 Å². The smallest absolute Gasteiger partial charge is 0.226 e. The molecule has 1 saturated heterocycles. The topological polar surface area (TPSA) is 50.4 Å². The number of benzene rings is 1. The van der Waals surface area contributed by atoms with Crippen LogP contribution in [-0.2, 0) is 9.53 Å². The molecular weight excluding hydrogens is 259 g/mol. The Kier molecular flexibility index (Phi) is 5.49. The molecule has 0 spiro atoms. The number of amides is 1. The van der Waals surface area contributed by atoms with E-state index < -0.39 is 0 Å². The van der Waals surface area contributed by atoms with Crippen molar-refractivity contribution < 1.29 is 13.9 Å².